The van der Waals surface area contributed by atoms with Crippen molar-refractivity contribution >= 4 is 29.4 Å². The summed E-state index contributed by atoms with van der Waals surface area (Å²) in [7, 11) is 1.80. The molecule has 2 unspecified atom stereocenters. The number of carbonyl (C=O) groups excluding carboxylic acids is 3. The molecule has 0 radical (unpaired) electrons. The summed E-state index contributed by atoms with van der Waals surface area (Å²) in [5, 5.41) is 6.15. The third-order valence-corrected chi connectivity index (χ3v) is 8.21. The molecule has 1 aliphatic heterocycles. The van der Waals surface area contributed by atoms with E-state index in [-0.39, 0.29) is 29.9 Å². The molecule has 0 saturated carbocycles. The highest BCUT2D eigenvalue weighted by Gasteiger charge is 2.40. The number of rotatable bonds is 19. The number of thiazole rings is 1. The summed E-state index contributed by atoms with van der Waals surface area (Å²) in [5.74, 6) is -0.0704. The van der Waals surface area contributed by atoms with Gasteiger partial charge in [0.2, 0.25) is 11.8 Å². The summed E-state index contributed by atoms with van der Waals surface area (Å²) in [4.78, 5) is 43.0. The fourth-order valence-corrected chi connectivity index (χ4v) is 5.74. The van der Waals surface area contributed by atoms with E-state index in [0.29, 0.717) is 78.6 Å². The van der Waals surface area contributed by atoms with Crippen molar-refractivity contribution in [2.24, 2.45) is 11.1 Å². The minimum absolute atomic E-state index is 0.00642. The van der Waals surface area contributed by atoms with E-state index in [1.165, 1.54) is 4.88 Å². The fourth-order valence-electron chi connectivity index (χ4n) is 4.93. The SMILES string of the molecule is CNC(C(=O)N1CCCC1C(=O)NCc1ccc(-c2scnc2C)cc1)C(C)(C)C.NCCOCCOCCOCCOCC=O. The number of ether oxygens (including phenoxy) is 4. The Morgan fingerprint density at radius 3 is 2.17 bits per heavy atom. The molecule has 4 N–H and O–H groups in total. The van der Waals surface area contributed by atoms with Crippen molar-refractivity contribution in [3.8, 4) is 10.4 Å². The Balaban J connectivity index is 0.000000392. The number of likely N-dealkylation sites (tertiary alicyclic amines) is 1. The van der Waals surface area contributed by atoms with Crippen LogP contribution in [0, 0.1) is 12.3 Å². The highest BCUT2D eigenvalue weighted by atomic mass is 32.1. The van der Waals surface area contributed by atoms with Gasteiger partial charge in [0, 0.05) is 19.6 Å². The van der Waals surface area contributed by atoms with Crippen LogP contribution < -0.4 is 16.4 Å². The third kappa shape index (κ3) is 13.9. The first-order valence-electron chi connectivity index (χ1n) is 15.8. The number of nitrogens with two attached hydrogens (primary N) is 1. The molecule has 0 aliphatic carbocycles. The van der Waals surface area contributed by atoms with Gasteiger partial charge in [0.05, 0.1) is 68.4 Å². The van der Waals surface area contributed by atoms with Crippen molar-refractivity contribution in [3.05, 3.63) is 41.0 Å². The van der Waals surface area contributed by atoms with E-state index in [1.807, 2.05) is 45.3 Å². The maximum atomic E-state index is 13.1. The molecule has 0 spiro atoms. The zero-order chi connectivity index (χ0) is 33.8. The Labute approximate surface area is 277 Å². The van der Waals surface area contributed by atoms with Crippen molar-refractivity contribution in [2.45, 2.75) is 59.2 Å². The lowest BCUT2D eigenvalue weighted by molar-refractivity contribution is -0.142. The topological polar surface area (TPSA) is 154 Å². The van der Waals surface area contributed by atoms with E-state index in [4.69, 9.17) is 24.7 Å². The van der Waals surface area contributed by atoms with Gasteiger partial charge in [-0.3, -0.25) is 9.59 Å². The first-order chi connectivity index (χ1) is 22.1. The second kappa shape index (κ2) is 21.9. The lowest BCUT2D eigenvalue weighted by Crippen LogP contribution is -2.55. The molecule has 1 aromatic heterocycles. The van der Waals surface area contributed by atoms with Gasteiger partial charge in [0.15, 0.2) is 0 Å². The molecule has 2 aromatic rings. The summed E-state index contributed by atoms with van der Waals surface area (Å²) >= 11 is 1.63. The number of hydrogen-bond acceptors (Lipinski definition) is 11. The Hall–Kier alpha value is -2.78. The van der Waals surface area contributed by atoms with E-state index in [0.717, 1.165) is 23.2 Å². The first kappa shape index (κ1) is 39.4. The Morgan fingerprint density at radius 1 is 1.04 bits per heavy atom. The van der Waals surface area contributed by atoms with Crippen molar-refractivity contribution in [1.29, 1.82) is 0 Å². The number of aldehydes is 1. The zero-order valence-corrected chi connectivity index (χ0v) is 28.9. The summed E-state index contributed by atoms with van der Waals surface area (Å²) < 4.78 is 20.4. The van der Waals surface area contributed by atoms with Gasteiger partial charge in [-0.15, -0.1) is 11.3 Å². The number of nitrogens with zero attached hydrogens (tertiary/aromatic N) is 2. The van der Waals surface area contributed by atoms with Crippen molar-refractivity contribution in [1.82, 2.24) is 20.5 Å². The van der Waals surface area contributed by atoms with Crippen LogP contribution >= 0.6 is 11.3 Å². The molecule has 258 valence electrons. The van der Waals surface area contributed by atoms with Gasteiger partial charge < -0.3 is 45.0 Å². The van der Waals surface area contributed by atoms with Gasteiger partial charge in [-0.2, -0.15) is 0 Å². The Bertz CT molecular complexity index is 1160. The lowest BCUT2D eigenvalue weighted by Gasteiger charge is -2.34. The standard InChI is InChI=1S/C23H32N4O2S.C10H21NO5/c1-15-19(30-14-26-15)17-10-8-16(9-11-17)13-25-21(28)18-7-6-12-27(18)22(29)20(24-5)23(2,3)4;11-1-3-13-5-7-15-9-10-16-8-6-14-4-2-12/h8-11,14,18,20,24H,6-7,12-13H2,1-5H3,(H,25,28);2H,1,3-11H2. The van der Waals surface area contributed by atoms with Crippen LogP contribution in [0.3, 0.4) is 0 Å². The predicted octanol–water partition coefficient (Wildman–Crippen LogP) is 2.57. The summed E-state index contributed by atoms with van der Waals surface area (Å²) in [6, 6.07) is 7.48. The van der Waals surface area contributed by atoms with Crippen LogP contribution in [0.2, 0.25) is 0 Å². The molecule has 3 rings (SSSR count). The molecule has 46 heavy (non-hydrogen) atoms. The predicted molar refractivity (Wildman–Crippen MR) is 180 cm³/mol. The van der Waals surface area contributed by atoms with Crippen LogP contribution in [-0.4, -0.2) is 113 Å². The molecule has 13 heteroatoms. The third-order valence-electron chi connectivity index (χ3n) is 7.23. The first-order valence-corrected chi connectivity index (χ1v) is 16.7. The quantitative estimate of drug-likeness (QED) is 0.151. The molecule has 2 atom stereocenters. The summed E-state index contributed by atoms with van der Waals surface area (Å²) in [5.41, 5.74) is 10.1. The van der Waals surface area contributed by atoms with Gasteiger partial charge in [-0.25, -0.2) is 4.98 Å². The molecule has 1 aromatic carbocycles. The van der Waals surface area contributed by atoms with Crippen molar-refractivity contribution in [2.75, 3.05) is 73.0 Å². The highest BCUT2D eigenvalue weighted by Crippen LogP contribution is 2.28. The molecule has 1 fully saturated rings. The number of likely N-dealkylation sites (N-methyl/N-ethyl adjacent to an activating group) is 1. The van der Waals surface area contributed by atoms with E-state index < -0.39 is 6.04 Å². The average Bonchev–Trinajstić information content (AvgIpc) is 3.70. The highest BCUT2D eigenvalue weighted by molar-refractivity contribution is 7.13. The minimum atomic E-state index is -0.394. The molecule has 2 amide bonds. The van der Waals surface area contributed by atoms with E-state index in [1.54, 1.807) is 23.3 Å². The normalized spacial score (nSPS) is 15.3. The van der Waals surface area contributed by atoms with E-state index in [9.17, 15) is 14.4 Å². The van der Waals surface area contributed by atoms with E-state index >= 15 is 0 Å². The molecule has 2 heterocycles. The number of nitrogens with one attached hydrogen (secondary N) is 2. The molecular formula is C33H53N5O7S. The van der Waals surface area contributed by atoms with Crippen LogP contribution in [0.4, 0.5) is 0 Å². The van der Waals surface area contributed by atoms with Gasteiger partial charge in [0.1, 0.15) is 18.9 Å². The lowest BCUT2D eigenvalue weighted by atomic mass is 9.86. The van der Waals surface area contributed by atoms with Crippen LogP contribution in [0.25, 0.3) is 10.4 Å². The maximum absolute atomic E-state index is 13.1. The average molecular weight is 664 g/mol. The molecule has 12 nitrogen and oxygen atoms in total. The largest absolute Gasteiger partial charge is 0.378 e. The number of aryl methyl sites for hydroxylation is 1. The number of benzene rings is 1. The van der Waals surface area contributed by atoms with Crippen LogP contribution in [-0.2, 0) is 39.9 Å². The van der Waals surface area contributed by atoms with Crippen LogP contribution in [0.5, 0.6) is 0 Å². The smallest absolute Gasteiger partial charge is 0.243 e. The summed E-state index contributed by atoms with van der Waals surface area (Å²) in [6.45, 7) is 13.5. The van der Waals surface area contributed by atoms with E-state index in [2.05, 4.69) is 27.8 Å². The second-order valence-electron chi connectivity index (χ2n) is 11.8. The Kier molecular flexibility index (Phi) is 18.8. The van der Waals surface area contributed by atoms with Crippen LogP contribution in [0.15, 0.2) is 29.8 Å². The van der Waals surface area contributed by atoms with Crippen LogP contribution in [0.1, 0.15) is 44.9 Å². The van der Waals surface area contributed by atoms with Gasteiger partial charge in [-0.1, -0.05) is 45.0 Å². The summed E-state index contributed by atoms with van der Waals surface area (Å²) in [6.07, 6.45) is 2.28. The maximum Gasteiger partial charge on any atom is 0.243 e. The number of aromatic nitrogens is 1. The monoisotopic (exact) mass is 663 g/mol. The zero-order valence-electron chi connectivity index (χ0n) is 28.0. The Morgan fingerprint density at radius 2 is 1.65 bits per heavy atom. The fraction of sp³-hybridized carbons (Fsp3) is 0.636. The van der Waals surface area contributed by atoms with Gasteiger partial charge in [-0.05, 0) is 43.4 Å². The van der Waals surface area contributed by atoms with Crippen molar-refractivity contribution < 1.29 is 33.3 Å². The second-order valence-corrected chi connectivity index (χ2v) is 12.7. The minimum Gasteiger partial charge on any atom is -0.378 e. The number of amides is 2. The van der Waals surface area contributed by atoms with Crippen molar-refractivity contribution in [3.63, 3.8) is 0 Å². The molecule has 1 aliphatic rings. The molecular weight excluding hydrogens is 610 g/mol. The molecule has 1 saturated heterocycles. The van der Waals surface area contributed by atoms with Gasteiger partial charge in [0.25, 0.3) is 0 Å². The van der Waals surface area contributed by atoms with Gasteiger partial charge >= 0.3 is 0 Å². The number of hydrogen-bond donors (Lipinski definition) is 3. The molecule has 0 bridgehead atoms. The number of carbonyl (C=O) groups is 3.